The van der Waals surface area contributed by atoms with Crippen molar-refractivity contribution in [3.8, 4) is 0 Å². The molecule has 0 amide bonds. The number of benzene rings is 1. The second-order valence-corrected chi connectivity index (χ2v) is 4.81. The fourth-order valence-electron chi connectivity index (χ4n) is 1.19. The third-order valence-corrected chi connectivity index (χ3v) is 3.14. The highest BCUT2D eigenvalue weighted by Gasteiger charge is 2.05. The Hall–Kier alpha value is -0.610. The molecule has 82 valence electrons. The molecule has 4 heteroatoms. The summed E-state index contributed by atoms with van der Waals surface area (Å²) in [6.07, 6.45) is 1.09. The number of rotatable bonds is 4. The number of hydrogen-bond acceptors (Lipinski definition) is 2. The Bertz CT molecular complexity index is 366. The van der Waals surface area contributed by atoms with Crippen molar-refractivity contribution in [3.05, 3.63) is 28.2 Å². The molecule has 1 aromatic carbocycles. The van der Waals surface area contributed by atoms with Crippen LogP contribution in [0.2, 0.25) is 0 Å². The van der Waals surface area contributed by atoms with Crippen LogP contribution < -0.4 is 11.1 Å². The zero-order valence-electron chi connectivity index (χ0n) is 8.88. The van der Waals surface area contributed by atoms with Gasteiger partial charge < -0.3 is 11.1 Å². The van der Waals surface area contributed by atoms with E-state index in [1.54, 1.807) is 0 Å². The molecule has 0 fully saturated rings. The highest BCUT2D eigenvalue weighted by molar-refractivity contribution is 9.10. The second kappa shape index (κ2) is 5.47. The molecule has 0 spiro atoms. The quantitative estimate of drug-likeness (QED) is 0.834. The molecule has 0 bridgehead atoms. The number of nitrogens with one attached hydrogen (secondary N) is 1. The summed E-state index contributed by atoms with van der Waals surface area (Å²) < 4.78 is 0.934. The molecule has 1 aromatic rings. The molecule has 0 aliphatic rings. The number of hydrogen-bond donors (Lipinski definition) is 2. The zero-order chi connectivity index (χ0) is 11.4. The average Bonchev–Trinajstić information content (AvgIpc) is 2.17. The molecule has 0 aromatic heterocycles. The van der Waals surface area contributed by atoms with Crippen molar-refractivity contribution in [2.75, 3.05) is 5.32 Å². The van der Waals surface area contributed by atoms with Crippen LogP contribution in [0.25, 0.3) is 0 Å². The van der Waals surface area contributed by atoms with Crippen molar-refractivity contribution in [3.63, 3.8) is 0 Å². The maximum atomic E-state index is 5.57. The van der Waals surface area contributed by atoms with E-state index in [9.17, 15) is 0 Å². The summed E-state index contributed by atoms with van der Waals surface area (Å²) in [6.45, 7) is 4.30. The summed E-state index contributed by atoms with van der Waals surface area (Å²) in [5, 5.41) is 3.38. The van der Waals surface area contributed by atoms with Crippen molar-refractivity contribution in [1.82, 2.24) is 0 Å². The fraction of sp³-hybridized carbons (Fsp3) is 0.364. The highest BCUT2D eigenvalue weighted by atomic mass is 79.9. The Morgan fingerprint density at radius 2 is 2.27 bits per heavy atom. The van der Waals surface area contributed by atoms with Gasteiger partial charge in [-0.3, -0.25) is 0 Å². The standard InChI is InChI=1S/C11H15BrN2S/c1-3-7(2)14-8-4-5-9(11(13)15)10(12)6-8/h4-7,14H,3H2,1-2H3,(H2,13,15). The number of halogens is 1. The van der Waals surface area contributed by atoms with Crippen molar-refractivity contribution >= 4 is 38.8 Å². The first-order chi connectivity index (χ1) is 7.04. The lowest BCUT2D eigenvalue weighted by atomic mass is 10.2. The highest BCUT2D eigenvalue weighted by Crippen LogP contribution is 2.22. The van der Waals surface area contributed by atoms with E-state index in [-0.39, 0.29) is 0 Å². The molecule has 15 heavy (non-hydrogen) atoms. The van der Waals surface area contributed by atoms with Crippen LogP contribution in [0.15, 0.2) is 22.7 Å². The Morgan fingerprint density at radius 1 is 1.60 bits per heavy atom. The van der Waals surface area contributed by atoms with Crippen molar-refractivity contribution in [2.45, 2.75) is 26.3 Å². The number of anilines is 1. The molecule has 0 aliphatic carbocycles. The van der Waals surface area contributed by atoms with E-state index in [0.29, 0.717) is 11.0 Å². The average molecular weight is 287 g/mol. The van der Waals surface area contributed by atoms with Crippen LogP contribution >= 0.6 is 28.1 Å². The molecule has 0 radical (unpaired) electrons. The Morgan fingerprint density at radius 3 is 2.73 bits per heavy atom. The van der Waals surface area contributed by atoms with Gasteiger partial charge in [0.15, 0.2) is 0 Å². The van der Waals surface area contributed by atoms with Gasteiger partial charge in [0.2, 0.25) is 0 Å². The van der Waals surface area contributed by atoms with E-state index in [4.69, 9.17) is 18.0 Å². The SMILES string of the molecule is CCC(C)Nc1ccc(C(N)=S)c(Br)c1. The van der Waals surface area contributed by atoms with E-state index < -0.39 is 0 Å². The van der Waals surface area contributed by atoms with E-state index in [1.807, 2.05) is 18.2 Å². The molecule has 2 nitrogen and oxygen atoms in total. The first-order valence-corrected chi connectivity index (χ1v) is 6.10. The Labute approximate surface area is 104 Å². The third kappa shape index (κ3) is 3.47. The first-order valence-electron chi connectivity index (χ1n) is 4.90. The molecule has 0 saturated carbocycles. The van der Waals surface area contributed by atoms with E-state index in [1.165, 1.54) is 0 Å². The van der Waals surface area contributed by atoms with Gasteiger partial charge in [-0.2, -0.15) is 0 Å². The lowest BCUT2D eigenvalue weighted by molar-refractivity contribution is 0.764. The van der Waals surface area contributed by atoms with Gasteiger partial charge in [-0.05, 0) is 47.5 Å². The third-order valence-electron chi connectivity index (χ3n) is 2.26. The summed E-state index contributed by atoms with van der Waals surface area (Å²) in [5.41, 5.74) is 7.53. The molecule has 1 atom stereocenters. The first kappa shape index (κ1) is 12.5. The van der Waals surface area contributed by atoms with Gasteiger partial charge in [0.05, 0.1) is 0 Å². The Balaban J connectivity index is 2.87. The smallest absolute Gasteiger partial charge is 0.105 e. The molecular formula is C11H15BrN2S. The second-order valence-electron chi connectivity index (χ2n) is 3.51. The van der Waals surface area contributed by atoms with E-state index in [0.717, 1.165) is 22.1 Å². The van der Waals surface area contributed by atoms with Gasteiger partial charge in [0.25, 0.3) is 0 Å². The monoisotopic (exact) mass is 286 g/mol. The molecule has 1 rings (SSSR count). The van der Waals surface area contributed by atoms with Crippen LogP contribution in [0.3, 0.4) is 0 Å². The number of thiocarbonyl (C=S) groups is 1. The van der Waals surface area contributed by atoms with Crippen LogP contribution in [0.1, 0.15) is 25.8 Å². The molecule has 0 saturated heterocycles. The van der Waals surface area contributed by atoms with Crippen LogP contribution in [0, 0.1) is 0 Å². The van der Waals surface area contributed by atoms with Crippen LogP contribution in [0.5, 0.6) is 0 Å². The van der Waals surface area contributed by atoms with Crippen molar-refractivity contribution in [1.29, 1.82) is 0 Å². The summed E-state index contributed by atoms with van der Waals surface area (Å²) in [5.74, 6) is 0. The molecular weight excluding hydrogens is 272 g/mol. The van der Waals surface area contributed by atoms with Gasteiger partial charge in [0, 0.05) is 21.8 Å². The molecule has 0 aliphatic heterocycles. The maximum absolute atomic E-state index is 5.57. The summed E-state index contributed by atoms with van der Waals surface area (Å²) in [6, 6.07) is 6.39. The molecule has 3 N–H and O–H groups in total. The van der Waals surface area contributed by atoms with Crippen LogP contribution in [-0.4, -0.2) is 11.0 Å². The zero-order valence-corrected chi connectivity index (χ0v) is 11.3. The van der Waals surface area contributed by atoms with Gasteiger partial charge in [-0.25, -0.2) is 0 Å². The topological polar surface area (TPSA) is 38.0 Å². The minimum absolute atomic E-state index is 0.414. The minimum atomic E-state index is 0.414. The van der Waals surface area contributed by atoms with Gasteiger partial charge in [-0.15, -0.1) is 0 Å². The van der Waals surface area contributed by atoms with Gasteiger partial charge in [0.1, 0.15) is 4.99 Å². The Kier molecular flexibility index (Phi) is 4.54. The molecule has 1 unspecified atom stereocenters. The predicted molar refractivity (Wildman–Crippen MR) is 73.4 cm³/mol. The molecule has 0 heterocycles. The van der Waals surface area contributed by atoms with E-state index in [2.05, 4.69) is 35.1 Å². The lowest BCUT2D eigenvalue weighted by Gasteiger charge is -2.14. The summed E-state index contributed by atoms with van der Waals surface area (Å²) in [7, 11) is 0. The minimum Gasteiger partial charge on any atom is -0.389 e. The predicted octanol–water partition coefficient (Wildman–Crippen LogP) is 3.29. The maximum Gasteiger partial charge on any atom is 0.105 e. The fourth-order valence-corrected chi connectivity index (χ4v) is 2.09. The van der Waals surface area contributed by atoms with Gasteiger partial charge >= 0.3 is 0 Å². The normalized spacial score (nSPS) is 12.2. The van der Waals surface area contributed by atoms with Crippen molar-refractivity contribution in [2.24, 2.45) is 5.73 Å². The van der Waals surface area contributed by atoms with Gasteiger partial charge in [-0.1, -0.05) is 19.1 Å². The summed E-state index contributed by atoms with van der Waals surface area (Å²) >= 11 is 8.38. The lowest BCUT2D eigenvalue weighted by Crippen LogP contribution is -2.14. The number of nitrogens with two attached hydrogens (primary N) is 1. The van der Waals surface area contributed by atoms with Crippen molar-refractivity contribution < 1.29 is 0 Å². The van der Waals surface area contributed by atoms with Crippen LogP contribution in [0.4, 0.5) is 5.69 Å². The largest absolute Gasteiger partial charge is 0.389 e. The van der Waals surface area contributed by atoms with E-state index >= 15 is 0 Å². The van der Waals surface area contributed by atoms with Crippen LogP contribution in [-0.2, 0) is 0 Å². The summed E-state index contributed by atoms with van der Waals surface area (Å²) in [4.78, 5) is 0.414.